The molecule has 0 bridgehead atoms. The highest BCUT2D eigenvalue weighted by molar-refractivity contribution is 5.94. The summed E-state index contributed by atoms with van der Waals surface area (Å²) in [4.78, 5) is 12.9. The van der Waals surface area contributed by atoms with Gasteiger partial charge in [0, 0.05) is 30.5 Å². The van der Waals surface area contributed by atoms with Gasteiger partial charge in [0.15, 0.2) is 0 Å². The molecule has 6 nitrogen and oxygen atoms in total. The highest BCUT2D eigenvalue weighted by Crippen LogP contribution is 2.53. The van der Waals surface area contributed by atoms with E-state index in [1.54, 1.807) is 4.68 Å². The minimum Gasteiger partial charge on any atom is -0.396 e. The first-order valence-electron chi connectivity index (χ1n) is 9.34. The molecule has 1 aliphatic carbocycles. The number of rotatable bonds is 5. The number of hydrogen-bond acceptors (Lipinski definition) is 4. The van der Waals surface area contributed by atoms with Crippen molar-refractivity contribution in [1.29, 1.82) is 0 Å². The molecule has 2 atom stereocenters. The van der Waals surface area contributed by atoms with Crippen LogP contribution in [-0.4, -0.2) is 40.0 Å². The minimum atomic E-state index is -0.181. The number of aliphatic hydroxyl groups excluding tert-OH is 1. The van der Waals surface area contributed by atoms with Gasteiger partial charge in [-0.3, -0.25) is 9.48 Å². The first-order valence-corrected chi connectivity index (χ1v) is 9.34. The number of hydrogen-bond donors (Lipinski definition) is 2. The van der Waals surface area contributed by atoms with Crippen molar-refractivity contribution in [2.45, 2.75) is 72.6 Å². The fourth-order valence-electron chi connectivity index (χ4n) is 4.90. The van der Waals surface area contributed by atoms with Crippen LogP contribution in [0.5, 0.6) is 0 Å². The van der Waals surface area contributed by atoms with Crippen LogP contribution in [-0.2, 0) is 17.7 Å². The van der Waals surface area contributed by atoms with Crippen LogP contribution in [0.25, 0.3) is 0 Å². The second kappa shape index (κ2) is 6.40. The van der Waals surface area contributed by atoms with E-state index in [0.717, 1.165) is 24.1 Å². The highest BCUT2D eigenvalue weighted by atomic mass is 16.5. The summed E-state index contributed by atoms with van der Waals surface area (Å²) in [6.07, 6.45) is 2.57. The standard InChI is InChI=1S/C19H31N3O3/c1-6-22-16(14-7-12(2)25-13(3)15(14)21-22)17(24)20-10-19(11-23)8-18(4,5)9-19/h12-13,23H,6-11H2,1-5H3,(H,20,24)/t12-,13+/m0/s1. The Morgan fingerprint density at radius 3 is 2.64 bits per heavy atom. The fourth-order valence-corrected chi connectivity index (χ4v) is 4.90. The summed E-state index contributed by atoms with van der Waals surface area (Å²) < 4.78 is 7.63. The molecule has 1 aliphatic heterocycles. The van der Waals surface area contributed by atoms with E-state index in [9.17, 15) is 9.90 Å². The number of aromatic nitrogens is 2. The summed E-state index contributed by atoms with van der Waals surface area (Å²) in [7, 11) is 0. The van der Waals surface area contributed by atoms with Crippen LogP contribution < -0.4 is 5.32 Å². The Balaban J connectivity index is 1.78. The molecular formula is C19H31N3O3. The number of nitrogens with one attached hydrogen (secondary N) is 1. The third-order valence-corrected chi connectivity index (χ3v) is 5.58. The van der Waals surface area contributed by atoms with Gasteiger partial charge in [0.1, 0.15) is 5.69 Å². The van der Waals surface area contributed by atoms with Gasteiger partial charge in [-0.05, 0) is 39.0 Å². The van der Waals surface area contributed by atoms with Gasteiger partial charge in [-0.2, -0.15) is 5.10 Å². The summed E-state index contributed by atoms with van der Waals surface area (Å²) in [6.45, 7) is 11.7. The zero-order chi connectivity index (χ0) is 18.4. The van der Waals surface area contributed by atoms with E-state index in [1.165, 1.54) is 0 Å². The van der Waals surface area contributed by atoms with Gasteiger partial charge in [-0.25, -0.2) is 0 Å². The Morgan fingerprint density at radius 2 is 2.08 bits per heavy atom. The predicted molar refractivity (Wildman–Crippen MR) is 95.4 cm³/mol. The molecule has 0 saturated heterocycles. The Morgan fingerprint density at radius 1 is 1.40 bits per heavy atom. The molecule has 1 saturated carbocycles. The lowest BCUT2D eigenvalue weighted by Crippen LogP contribution is -2.52. The van der Waals surface area contributed by atoms with Gasteiger partial charge in [0.05, 0.1) is 24.5 Å². The van der Waals surface area contributed by atoms with Gasteiger partial charge in [0.25, 0.3) is 5.91 Å². The number of carbonyl (C=O) groups excluding carboxylic acids is 1. The molecule has 2 N–H and O–H groups in total. The van der Waals surface area contributed by atoms with E-state index >= 15 is 0 Å². The quantitative estimate of drug-likeness (QED) is 0.856. The molecule has 0 aromatic carbocycles. The minimum absolute atomic E-state index is 0.0831. The summed E-state index contributed by atoms with van der Waals surface area (Å²) >= 11 is 0. The van der Waals surface area contributed by atoms with Gasteiger partial charge in [0.2, 0.25) is 0 Å². The zero-order valence-corrected chi connectivity index (χ0v) is 16.1. The lowest BCUT2D eigenvalue weighted by atomic mass is 9.54. The molecule has 1 fully saturated rings. The fraction of sp³-hybridized carbons (Fsp3) is 0.789. The van der Waals surface area contributed by atoms with Crippen molar-refractivity contribution in [1.82, 2.24) is 15.1 Å². The normalized spacial score (nSPS) is 26.6. The van der Waals surface area contributed by atoms with Crippen molar-refractivity contribution < 1.29 is 14.6 Å². The molecule has 0 spiro atoms. The largest absolute Gasteiger partial charge is 0.396 e. The van der Waals surface area contributed by atoms with Crippen LogP contribution in [0.1, 0.15) is 75.3 Å². The SMILES string of the molecule is CCn1nc2c(c1C(=O)NCC1(CO)CC(C)(C)C1)C[C@H](C)O[C@@H]2C. The number of nitrogens with zero attached hydrogens (tertiary/aromatic N) is 2. The smallest absolute Gasteiger partial charge is 0.269 e. The van der Waals surface area contributed by atoms with Crippen molar-refractivity contribution in [2.75, 3.05) is 13.2 Å². The van der Waals surface area contributed by atoms with Crippen LogP contribution in [0, 0.1) is 10.8 Å². The number of aliphatic hydroxyl groups is 1. The molecule has 1 aromatic heterocycles. The number of carbonyl (C=O) groups is 1. The maximum Gasteiger partial charge on any atom is 0.269 e. The third-order valence-electron chi connectivity index (χ3n) is 5.58. The molecule has 6 heteroatoms. The van der Waals surface area contributed by atoms with E-state index in [4.69, 9.17) is 4.74 Å². The molecule has 2 aliphatic rings. The molecule has 0 radical (unpaired) electrons. The summed E-state index contributed by atoms with van der Waals surface area (Å²) in [6, 6.07) is 0. The van der Waals surface area contributed by atoms with Crippen LogP contribution in [0.2, 0.25) is 0 Å². The van der Waals surface area contributed by atoms with Crippen molar-refractivity contribution in [3.63, 3.8) is 0 Å². The second-order valence-electron chi connectivity index (χ2n) is 8.68. The van der Waals surface area contributed by atoms with Crippen molar-refractivity contribution >= 4 is 5.91 Å². The maximum absolute atomic E-state index is 12.9. The molecule has 2 heterocycles. The molecule has 1 amide bonds. The zero-order valence-electron chi connectivity index (χ0n) is 16.1. The Bertz CT molecular complexity index is 657. The van der Waals surface area contributed by atoms with Crippen molar-refractivity contribution in [3.05, 3.63) is 17.0 Å². The molecule has 3 rings (SSSR count). The van der Waals surface area contributed by atoms with Gasteiger partial charge in [-0.15, -0.1) is 0 Å². The van der Waals surface area contributed by atoms with Gasteiger partial charge < -0.3 is 15.2 Å². The van der Waals surface area contributed by atoms with Gasteiger partial charge in [-0.1, -0.05) is 13.8 Å². The van der Waals surface area contributed by atoms with E-state index in [1.807, 2.05) is 20.8 Å². The van der Waals surface area contributed by atoms with Crippen molar-refractivity contribution in [3.8, 4) is 0 Å². The van der Waals surface area contributed by atoms with Crippen LogP contribution >= 0.6 is 0 Å². The molecular weight excluding hydrogens is 318 g/mol. The number of amides is 1. The van der Waals surface area contributed by atoms with Gasteiger partial charge >= 0.3 is 0 Å². The predicted octanol–water partition coefficient (Wildman–Crippen LogP) is 2.45. The molecule has 1 aromatic rings. The Hall–Kier alpha value is -1.40. The topological polar surface area (TPSA) is 76.4 Å². The Labute approximate surface area is 149 Å². The number of ether oxygens (including phenoxy) is 1. The third kappa shape index (κ3) is 3.34. The maximum atomic E-state index is 12.9. The molecule has 25 heavy (non-hydrogen) atoms. The van der Waals surface area contributed by atoms with Crippen LogP contribution in [0.4, 0.5) is 0 Å². The number of aryl methyl sites for hydroxylation is 1. The first-order chi connectivity index (χ1) is 11.7. The summed E-state index contributed by atoms with van der Waals surface area (Å²) in [5, 5.41) is 17.5. The lowest BCUT2D eigenvalue weighted by Gasteiger charge is -2.52. The van der Waals surface area contributed by atoms with E-state index < -0.39 is 0 Å². The van der Waals surface area contributed by atoms with E-state index in [-0.39, 0.29) is 35.6 Å². The second-order valence-corrected chi connectivity index (χ2v) is 8.68. The van der Waals surface area contributed by atoms with E-state index in [0.29, 0.717) is 25.2 Å². The van der Waals surface area contributed by atoms with Crippen LogP contribution in [0.15, 0.2) is 0 Å². The summed E-state index contributed by atoms with van der Waals surface area (Å²) in [5.41, 5.74) is 2.62. The molecule has 0 unspecified atom stereocenters. The average Bonchev–Trinajstić information content (AvgIpc) is 2.89. The molecule has 140 valence electrons. The lowest BCUT2D eigenvalue weighted by molar-refractivity contribution is -0.0520. The monoisotopic (exact) mass is 349 g/mol. The van der Waals surface area contributed by atoms with E-state index in [2.05, 4.69) is 24.3 Å². The highest BCUT2D eigenvalue weighted by Gasteiger charge is 2.48. The number of fused-ring (bicyclic) bond motifs is 1. The average molecular weight is 349 g/mol. The van der Waals surface area contributed by atoms with Crippen LogP contribution in [0.3, 0.4) is 0 Å². The Kier molecular flexibility index (Phi) is 4.71. The first kappa shape index (κ1) is 18.4. The summed E-state index contributed by atoms with van der Waals surface area (Å²) in [5.74, 6) is -0.0885. The van der Waals surface area contributed by atoms with Crippen molar-refractivity contribution in [2.24, 2.45) is 10.8 Å².